The standard InChI is InChI=1S/C24H21ClN2O3/c1-3-16-5-8-18(9-6-16)29-14-23(28)26-17-7-10-20(25)19(13-17)24-27-21-12-15(2)4-11-22(21)30-24/h4-13H,3,14H2,1-2H3,(H,26,28). The van der Waals surface area contributed by atoms with Crippen molar-refractivity contribution in [1.82, 2.24) is 4.98 Å². The summed E-state index contributed by atoms with van der Waals surface area (Å²) in [5.74, 6) is 0.793. The van der Waals surface area contributed by atoms with Crippen molar-refractivity contribution < 1.29 is 13.9 Å². The van der Waals surface area contributed by atoms with Gasteiger partial charge in [0.1, 0.15) is 11.3 Å². The lowest BCUT2D eigenvalue weighted by molar-refractivity contribution is -0.118. The van der Waals surface area contributed by atoms with Crippen LogP contribution in [-0.2, 0) is 11.2 Å². The molecule has 0 bridgehead atoms. The van der Waals surface area contributed by atoms with Gasteiger partial charge in [-0.3, -0.25) is 4.79 Å². The number of hydrogen-bond acceptors (Lipinski definition) is 4. The van der Waals surface area contributed by atoms with Crippen molar-refractivity contribution in [1.29, 1.82) is 0 Å². The molecule has 6 heteroatoms. The van der Waals surface area contributed by atoms with E-state index in [-0.39, 0.29) is 12.5 Å². The number of rotatable bonds is 6. The monoisotopic (exact) mass is 420 g/mol. The predicted octanol–water partition coefficient (Wildman–Crippen LogP) is 6.04. The summed E-state index contributed by atoms with van der Waals surface area (Å²) >= 11 is 6.35. The first-order valence-corrected chi connectivity index (χ1v) is 10.1. The third-order valence-electron chi connectivity index (χ3n) is 4.73. The van der Waals surface area contributed by atoms with E-state index in [0.717, 1.165) is 17.5 Å². The molecule has 1 aromatic heterocycles. The highest BCUT2D eigenvalue weighted by Gasteiger charge is 2.14. The number of anilines is 1. The normalized spacial score (nSPS) is 10.9. The van der Waals surface area contributed by atoms with Gasteiger partial charge < -0.3 is 14.5 Å². The van der Waals surface area contributed by atoms with E-state index in [0.29, 0.717) is 33.5 Å². The summed E-state index contributed by atoms with van der Waals surface area (Å²) in [6.07, 6.45) is 0.958. The summed E-state index contributed by atoms with van der Waals surface area (Å²) < 4.78 is 11.4. The zero-order chi connectivity index (χ0) is 21.1. The molecule has 0 radical (unpaired) electrons. The Bertz CT molecular complexity index is 1200. The molecule has 0 fully saturated rings. The second kappa shape index (κ2) is 8.59. The fourth-order valence-electron chi connectivity index (χ4n) is 3.09. The van der Waals surface area contributed by atoms with Crippen molar-refractivity contribution in [3.63, 3.8) is 0 Å². The van der Waals surface area contributed by atoms with Gasteiger partial charge in [-0.15, -0.1) is 0 Å². The average molecular weight is 421 g/mol. The maximum atomic E-state index is 12.3. The smallest absolute Gasteiger partial charge is 0.262 e. The largest absolute Gasteiger partial charge is 0.484 e. The van der Waals surface area contributed by atoms with E-state index in [1.807, 2.05) is 49.4 Å². The summed E-state index contributed by atoms with van der Waals surface area (Å²) in [7, 11) is 0. The molecule has 0 atom stereocenters. The Labute approximate surface area is 179 Å². The summed E-state index contributed by atoms with van der Waals surface area (Å²) in [6.45, 7) is 3.99. The number of ether oxygens (including phenoxy) is 1. The Morgan fingerprint density at radius 2 is 1.90 bits per heavy atom. The van der Waals surface area contributed by atoms with Gasteiger partial charge in [0.2, 0.25) is 5.89 Å². The first-order chi connectivity index (χ1) is 14.5. The van der Waals surface area contributed by atoms with Crippen LogP contribution < -0.4 is 10.1 Å². The van der Waals surface area contributed by atoms with Crippen LogP contribution in [0.2, 0.25) is 5.02 Å². The van der Waals surface area contributed by atoms with E-state index in [1.165, 1.54) is 5.56 Å². The second-order valence-corrected chi connectivity index (χ2v) is 7.43. The number of nitrogens with zero attached hydrogens (tertiary/aromatic N) is 1. The molecule has 0 saturated heterocycles. The molecular formula is C24H21ClN2O3. The van der Waals surface area contributed by atoms with Crippen LogP contribution in [0.4, 0.5) is 5.69 Å². The molecule has 0 spiro atoms. The number of carbonyl (C=O) groups excluding carboxylic acids is 1. The molecular weight excluding hydrogens is 400 g/mol. The van der Waals surface area contributed by atoms with Gasteiger partial charge in [0.25, 0.3) is 5.91 Å². The summed E-state index contributed by atoms with van der Waals surface area (Å²) in [4.78, 5) is 16.8. The number of aromatic nitrogens is 1. The van der Waals surface area contributed by atoms with Crippen molar-refractivity contribution in [3.8, 4) is 17.2 Å². The van der Waals surface area contributed by atoms with Crippen LogP contribution >= 0.6 is 11.6 Å². The Hall–Kier alpha value is -3.31. The van der Waals surface area contributed by atoms with Crippen LogP contribution in [0.3, 0.4) is 0 Å². The molecule has 4 rings (SSSR count). The number of aryl methyl sites for hydroxylation is 2. The van der Waals surface area contributed by atoms with Crippen molar-refractivity contribution in [3.05, 3.63) is 76.8 Å². The Kier molecular flexibility index (Phi) is 5.72. The zero-order valence-corrected chi connectivity index (χ0v) is 17.5. The summed E-state index contributed by atoms with van der Waals surface area (Å²) in [5, 5.41) is 3.31. The first kappa shape index (κ1) is 20.0. The number of hydrogen-bond donors (Lipinski definition) is 1. The van der Waals surface area contributed by atoms with Gasteiger partial charge in [0.05, 0.1) is 10.6 Å². The topological polar surface area (TPSA) is 64.4 Å². The van der Waals surface area contributed by atoms with E-state index < -0.39 is 0 Å². The Balaban J connectivity index is 1.47. The van der Waals surface area contributed by atoms with E-state index in [9.17, 15) is 4.79 Å². The van der Waals surface area contributed by atoms with Gasteiger partial charge in [-0.25, -0.2) is 4.98 Å². The third kappa shape index (κ3) is 4.47. The molecule has 0 aliphatic rings. The number of nitrogens with one attached hydrogen (secondary N) is 1. The maximum Gasteiger partial charge on any atom is 0.262 e. The number of carbonyl (C=O) groups is 1. The highest BCUT2D eigenvalue weighted by molar-refractivity contribution is 6.33. The maximum absolute atomic E-state index is 12.3. The number of fused-ring (bicyclic) bond motifs is 1. The highest BCUT2D eigenvalue weighted by atomic mass is 35.5. The van der Waals surface area contributed by atoms with Gasteiger partial charge in [-0.2, -0.15) is 0 Å². The quantitative estimate of drug-likeness (QED) is 0.413. The second-order valence-electron chi connectivity index (χ2n) is 7.02. The molecule has 30 heavy (non-hydrogen) atoms. The fourth-order valence-corrected chi connectivity index (χ4v) is 3.29. The average Bonchev–Trinajstić information content (AvgIpc) is 3.17. The van der Waals surface area contributed by atoms with Crippen LogP contribution in [0, 0.1) is 6.92 Å². The van der Waals surface area contributed by atoms with Gasteiger partial charge in [-0.1, -0.05) is 36.7 Å². The summed E-state index contributed by atoms with van der Waals surface area (Å²) in [6, 6.07) is 18.7. The predicted molar refractivity (Wildman–Crippen MR) is 119 cm³/mol. The molecule has 0 aliphatic heterocycles. The van der Waals surface area contributed by atoms with Gasteiger partial charge >= 0.3 is 0 Å². The van der Waals surface area contributed by atoms with E-state index in [2.05, 4.69) is 17.2 Å². The minimum atomic E-state index is -0.268. The Morgan fingerprint density at radius 1 is 1.10 bits per heavy atom. The SMILES string of the molecule is CCc1ccc(OCC(=O)Nc2ccc(Cl)c(-c3nc4cc(C)ccc4o3)c2)cc1. The van der Waals surface area contributed by atoms with E-state index in [4.69, 9.17) is 20.8 Å². The fraction of sp³-hybridized carbons (Fsp3) is 0.167. The molecule has 5 nitrogen and oxygen atoms in total. The molecule has 1 heterocycles. The molecule has 4 aromatic rings. The zero-order valence-electron chi connectivity index (χ0n) is 16.7. The van der Waals surface area contributed by atoms with Crippen molar-refractivity contribution in [2.45, 2.75) is 20.3 Å². The van der Waals surface area contributed by atoms with Crippen LogP contribution in [-0.4, -0.2) is 17.5 Å². The summed E-state index contributed by atoms with van der Waals surface area (Å²) in [5.41, 5.74) is 4.96. The van der Waals surface area contributed by atoms with Crippen molar-refractivity contribution in [2.24, 2.45) is 0 Å². The molecule has 0 saturated carbocycles. The molecule has 1 amide bonds. The highest BCUT2D eigenvalue weighted by Crippen LogP contribution is 2.32. The van der Waals surface area contributed by atoms with Crippen LogP contribution in [0.25, 0.3) is 22.6 Å². The van der Waals surface area contributed by atoms with Gasteiger partial charge in [0, 0.05) is 5.69 Å². The van der Waals surface area contributed by atoms with Crippen molar-refractivity contribution >= 4 is 34.3 Å². The number of halogens is 1. The van der Waals surface area contributed by atoms with Crippen LogP contribution in [0.5, 0.6) is 5.75 Å². The number of amides is 1. The minimum absolute atomic E-state index is 0.0917. The number of benzene rings is 3. The lowest BCUT2D eigenvalue weighted by Gasteiger charge is -2.09. The lowest BCUT2D eigenvalue weighted by Crippen LogP contribution is -2.20. The Morgan fingerprint density at radius 3 is 2.67 bits per heavy atom. The van der Waals surface area contributed by atoms with Crippen LogP contribution in [0.1, 0.15) is 18.1 Å². The number of oxazole rings is 1. The molecule has 0 aliphatic carbocycles. The lowest BCUT2D eigenvalue weighted by atomic mass is 10.2. The molecule has 1 N–H and O–H groups in total. The van der Waals surface area contributed by atoms with Crippen LogP contribution in [0.15, 0.2) is 65.1 Å². The van der Waals surface area contributed by atoms with E-state index >= 15 is 0 Å². The third-order valence-corrected chi connectivity index (χ3v) is 5.05. The van der Waals surface area contributed by atoms with Gasteiger partial charge in [0.15, 0.2) is 12.2 Å². The molecule has 3 aromatic carbocycles. The van der Waals surface area contributed by atoms with Gasteiger partial charge in [-0.05, 0) is 66.9 Å². The van der Waals surface area contributed by atoms with E-state index in [1.54, 1.807) is 18.2 Å². The minimum Gasteiger partial charge on any atom is -0.484 e. The molecule has 152 valence electrons. The molecule has 0 unspecified atom stereocenters. The first-order valence-electron chi connectivity index (χ1n) is 9.70. The van der Waals surface area contributed by atoms with Crippen molar-refractivity contribution in [2.75, 3.05) is 11.9 Å².